The molecule has 0 unspecified atom stereocenters. The van der Waals surface area contributed by atoms with Gasteiger partial charge in [-0.05, 0) is 174 Å². The van der Waals surface area contributed by atoms with Crippen molar-refractivity contribution in [1.29, 1.82) is 0 Å². The minimum absolute atomic E-state index is 0. The van der Waals surface area contributed by atoms with Crippen molar-refractivity contribution in [2.24, 2.45) is 16.0 Å². The molecule has 119 heavy (non-hydrogen) atoms. The Kier molecular flexibility index (Phi) is 81.3. The first-order valence-electron chi connectivity index (χ1n) is 39.3. The van der Waals surface area contributed by atoms with E-state index >= 15 is 0 Å². The summed E-state index contributed by atoms with van der Waals surface area (Å²) in [5.74, 6) is -0.149. The molecule has 0 saturated carbocycles. The zero-order chi connectivity index (χ0) is 92.5. The summed E-state index contributed by atoms with van der Waals surface area (Å²) in [6.45, 7) is 50.4. The van der Waals surface area contributed by atoms with E-state index in [0.717, 1.165) is 38.0 Å². The van der Waals surface area contributed by atoms with Crippen LogP contribution in [0.5, 0.6) is 0 Å². The van der Waals surface area contributed by atoms with Crippen LogP contribution in [0.25, 0.3) is 20.9 Å². The minimum atomic E-state index is -3.77. The maximum Gasteiger partial charge on any atom is 0.410 e. The van der Waals surface area contributed by atoms with Crippen LogP contribution in [0.1, 0.15) is 209 Å². The van der Waals surface area contributed by atoms with Gasteiger partial charge in [0.05, 0.1) is 77.6 Å². The second kappa shape index (κ2) is 76.3. The first-order chi connectivity index (χ1) is 54.6. The SMILES string of the molecule is CC(C)(C)OC(=O)NCCO.CC(C)(C)OC(=O)NCCOCCN=[N+]=[N-].CCC(=O)CCCOCCN(C)C(=O)OC(C)(C)C.CCC(=O)O.CCCOCCCC(=O)CC.CN(CCOCCN)C(=O)OC(C)(C)C.CN(CCOCCN=[N+]=[N-])C(=O)OC(C)(C)C.Cc1ccc(S(=O)(=O)OCCOCCNC(=O)OC(C)(C)C)cc1.Cl. The van der Waals surface area contributed by atoms with Crippen LogP contribution >= 0.6 is 12.4 Å². The molecule has 0 atom stereocenters. The van der Waals surface area contributed by atoms with Crippen LogP contribution in [0.2, 0.25) is 0 Å². The number of nitrogens with two attached hydrogens (primary N) is 1. The van der Waals surface area contributed by atoms with Crippen molar-refractivity contribution in [2.45, 2.75) is 249 Å². The van der Waals surface area contributed by atoms with Crippen molar-refractivity contribution < 1.29 is 123 Å². The van der Waals surface area contributed by atoms with Crippen molar-refractivity contribution in [3.8, 4) is 0 Å². The highest BCUT2D eigenvalue weighted by Crippen LogP contribution is 2.15. The molecule has 0 bridgehead atoms. The molecule has 39 nitrogen and oxygen atoms in total. The quantitative estimate of drug-likeness (QED) is 0.00883. The summed E-state index contributed by atoms with van der Waals surface area (Å²) in [6, 6.07) is 6.40. The third-order valence-electron chi connectivity index (χ3n) is 12.2. The lowest BCUT2D eigenvalue weighted by Crippen LogP contribution is -2.36. The number of carbonyl (C=O) groups excluding carboxylic acids is 8. The topological polar surface area (TPSA) is 518 Å². The normalized spacial score (nSPS) is 10.8. The Balaban J connectivity index is -0.000000202. The standard InChI is InChI=1S/C16H25NO6S.C14H27NO4.C10H20N4O3.C10H22N2O3.C9H18N4O3.C9H18O2.C7H15NO3.C3H6O2.ClH/c1-13-5-7-14(8-6-13)24(19,20)22-12-11-21-10-9-17-15(18)23-16(2,3)4;1-6-12(16)8-7-10-18-11-9-15(5)13(17)19-14(2,3)4;1-10(2,3)17-9(15)14(4)6-8-16-7-5-12-13-11;1-10(2,3)15-9(13)12(4)6-8-14-7-5-11;1-9(2,3)16-8(14)11-4-6-15-7-5-12-13-10;1-3-7-11-8-5-6-9(10)4-2;1-7(2,3)11-6(10)8-4-5-9;1-2-3(4)5;/h5-8H,9-12H2,1-4H3,(H,17,18);6-11H2,1-5H3;5-8H2,1-4H3;5-8,11H2,1-4H3;4-7H2,1-3H3,(H,11,14);3-8H2,1-2H3;9H,4-5H2,1-3H3,(H,8,10);2H2,1H3,(H,4,5);1H. The van der Waals surface area contributed by atoms with Crippen LogP contribution < -0.4 is 21.7 Å². The Hall–Kier alpha value is -7.85. The molecule has 0 heterocycles. The van der Waals surface area contributed by atoms with Crippen molar-refractivity contribution in [3.63, 3.8) is 0 Å². The summed E-state index contributed by atoms with van der Waals surface area (Å²) in [4.78, 5) is 109. The number of carboxylic acids is 1. The number of likely N-dealkylation sites (N-methyl/N-ethyl adjacent to an activating group) is 3. The van der Waals surface area contributed by atoms with Gasteiger partial charge in [0.2, 0.25) is 0 Å². The number of ether oxygens (including phenoxy) is 12. The fourth-order valence-corrected chi connectivity index (χ4v) is 7.55. The summed E-state index contributed by atoms with van der Waals surface area (Å²) < 4.78 is 90.4. The number of Topliss-reactive ketones (excluding diaryl/α,β-unsaturated/α-hetero) is 2. The Morgan fingerprint density at radius 1 is 0.445 bits per heavy atom. The van der Waals surface area contributed by atoms with Gasteiger partial charge in [-0.1, -0.05) is 55.6 Å². The number of carbonyl (C=O) groups is 9. The van der Waals surface area contributed by atoms with Crippen LogP contribution in [0.4, 0.5) is 28.8 Å². The number of aryl methyl sites for hydroxylation is 1. The number of aliphatic carboxylic acids is 1. The number of azide groups is 2. The van der Waals surface area contributed by atoms with Crippen molar-refractivity contribution in [3.05, 3.63) is 50.7 Å². The van der Waals surface area contributed by atoms with Gasteiger partial charge >= 0.3 is 42.5 Å². The van der Waals surface area contributed by atoms with E-state index in [-0.39, 0.29) is 87.3 Å². The van der Waals surface area contributed by atoms with E-state index < -0.39 is 68.0 Å². The number of halogens is 1. The van der Waals surface area contributed by atoms with Crippen LogP contribution in [0.15, 0.2) is 39.4 Å². The lowest BCUT2D eigenvalue weighted by Gasteiger charge is -2.24. The molecule has 1 aromatic carbocycles. The number of hydrogen-bond donors (Lipinski definition) is 6. The zero-order valence-electron chi connectivity index (χ0n) is 76.3. The number of hydrogen-bond acceptors (Lipinski definition) is 28. The summed E-state index contributed by atoms with van der Waals surface area (Å²) in [5, 5.41) is 30.1. The Bertz CT molecular complexity index is 3020. The molecule has 0 saturated heterocycles. The average Bonchev–Trinajstić information content (AvgIpc) is 0.846. The van der Waals surface area contributed by atoms with Crippen LogP contribution in [-0.2, 0) is 85.5 Å². The first kappa shape index (κ1) is 127. The van der Waals surface area contributed by atoms with E-state index in [0.29, 0.717) is 130 Å². The van der Waals surface area contributed by atoms with Gasteiger partial charge in [-0.25, -0.2) is 28.8 Å². The number of rotatable bonds is 43. The second-order valence-corrected chi connectivity index (χ2v) is 32.5. The van der Waals surface area contributed by atoms with Crippen molar-refractivity contribution >= 4 is 76.6 Å². The highest BCUT2D eigenvalue weighted by molar-refractivity contribution is 7.86. The van der Waals surface area contributed by atoms with Crippen LogP contribution in [0.3, 0.4) is 0 Å². The summed E-state index contributed by atoms with van der Waals surface area (Å²) in [7, 11) is 1.23. The number of aliphatic hydroxyl groups is 1. The number of nitrogens with zero attached hydrogens (tertiary/aromatic N) is 9. The maximum absolute atomic E-state index is 11.9. The largest absolute Gasteiger partial charge is 0.481 e. The van der Waals surface area contributed by atoms with Crippen molar-refractivity contribution in [2.75, 3.05) is 173 Å². The van der Waals surface area contributed by atoms with Gasteiger partial charge in [-0.3, -0.25) is 18.6 Å². The predicted molar refractivity (Wildman–Crippen MR) is 457 cm³/mol. The highest BCUT2D eigenvalue weighted by Gasteiger charge is 2.23. The lowest BCUT2D eigenvalue weighted by atomic mass is 10.2. The van der Waals surface area contributed by atoms with E-state index in [1.54, 1.807) is 103 Å². The summed E-state index contributed by atoms with van der Waals surface area (Å²) >= 11 is 0. The number of ketones is 2. The van der Waals surface area contributed by atoms with Crippen LogP contribution in [-0.4, -0.2) is 294 Å². The minimum Gasteiger partial charge on any atom is -0.481 e. The number of aliphatic hydroxyl groups excluding tert-OH is 1. The molecule has 0 radical (unpaired) electrons. The average molecular weight is 1760 g/mol. The number of benzene rings is 1. The number of alkyl carbamates (subject to hydrolysis) is 3. The summed E-state index contributed by atoms with van der Waals surface area (Å²) in [5.41, 5.74) is 19.3. The molecule has 6 amide bonds. The van der Waals surface area contributed by atoms with Crippen molar-refractivity contribution in [1.82, 2.24) is 30.7 Å². The Morgan fingerprint density at radius 2 is 0.748 bits per heavy atom. The molecular formula is C78H152ClN13O26S. The van der Waals surface area contributed by atoms with E-state index in [2.05, 4.69) is 42.9 Å². The van der Waals surface area contributed by atoms with Gasteiger partial charge < -0.3 is 103 Å². The smallest absolute Gasteiger partial charge is 0.410 e. The molecule has 1 rings (SSSR count). The number of amides is 6. The molecule has 0 spiro atoms. The molecule has 0 aliphatic heterocycles. The third kappa shape index (κ3) is 106. The third-order valence-corrected chi connectivity index (χ3v) is 13.5. The van der Waals surface area contributed by atoms with E-state index in [1.807, 2.05) is 83.1 Å². The maximum atomic E-state index is 11.9. The molecule has 0 aliphatic carbocycles. The molecule has 1 aromatic rings. The molecular weight excluding hydrogens is 1600 g/mol. The van der Waals surface area contributed by atoms with E-state index in [4.69, 9.17) is 88.0 Å². The van der Waals surface area contributed by atoms with Gasteiger partial charge in [-0.2, -0.15) is 8.42 Å². The first-order valence-corrected chi connectivity index (χ1v) is 40.7. The predicted octanol–water partition coefficient (Wildman–Crippen LogP) is 13.3. The number of carboxylic acid groups (broad SMARTS) is 1. The van der Waals surface area contributed by atoms with Gasteiger partial charge in [0.25, 0.3) is 10.1 Å². The summed E-state index contributed by atoms with van der Waals surface area (Å²) in [6.07, 6.45) is 2.85. The van der Waals surface area contributed by atoms with Crippen LogP contribution in [0, 0.1) is 6.92 Å². The van der Waals surface area contributed by atoms with Gasteiger partial charge in [0.1, 0.15) is 45.2 Å². The van der Waals surface area contributed by atoms with Gasteiger partial charge in [0.15, 0.2) is 0 Å². The zero-order valence-corrected chi connectivity index (χ0v) is 78.0. The fourth-order valence-electron chi connectivity index (χ4n) is 6.66. The van der Waals surface area contributed by atoms with E-state index in [9.17, 15) is 51.6 Å². The molecule has 0 aromatic heterocycles. The van der Waals surface area contributed by atoms with E-state index in [1.165, 1.54) is 26.8 Å². The molecule has 0 aliphatic rings. The Morgan fingerprint density at radius 3 is 1.04 bits per heavy atom. The lowest BCUT2D eigenvalue weighted by molar-refractivity contribution is -0.136. The molecule has 41 heteroatoms. The monoisotopic (exact) mass is 1750 g/mol. The highest BCUT2D eigenvalue weighted by atomic mass is 35.5. The number of nitrogens with one attached hydrogen (secondary N) is 3. The molecule has 7 N–H and O–H groups in total. The molecule has 0 fully saturated rings. The second-order valence-electron chi connectivity index (χ2n) is 30.9. The fraction of sp³-hybridized carbons (Fsp3) is 0.808. The Labute approximate surface area is 715 Å². The van der Waals surface area contributed by atoms with Gasteiger partial charge in [-0.15, -0.1) is 12.4 Å². The molecule has 698 valence electrons. The van der Waals surface area contributed by atoms with Gasteiger partial charge in [0, 0.05) is 142 Å².